The summed E-state index contributed by atoms with van der Waals surface area (Å²) in [5.74, 6) is 0.688. The Morgan fingerprint density at radius 1 is 1.33 bits per heavy atom. The third-order valence-electron chi connectivity index (χ3n) is 8.18. The SMILES string of the molecule is CC1=C2C[C@@H]3[C@H](C[NH+]4CCN(C(=O)c5ccco5)CC4)C(=O)O[C@@H]3C[C@@]2(C)CCC1. The van der Waals surface area contributed by atoms with Crippen LogP contribution in [0, 0.1) is 17.3 Å². The van der Waals surface area contributed by atoms with E-state index < -0.39 is 0 Å². The summed E-state index contributed by atoms with van der Waals surface area (Å²) in [4.78, 5) is 28.6. The van der Waals surface area contributed by atoms with E-state index >= 15 is 0 Å². The third-order valence-corrected chi connectivity index (χ3v) is 8.18. The van der Waals surface area contributed by atoms with Crippen LogP contribution in [0.4, 0.5) is 0 Å². The Bertz CT molecular complexity index is 853. The van der Waals surface area contributed by atoms with E-state index in [1.807, 2.05) is 4.90 Å². The minimum Gasteiger partial charge on any atom is -0.462 e. The molecule has 0 radical (unpaired) electrons. The predicted molar refractivity (Wildman–Crippen MR) is 111 cm³/mol. The van der Waals surface area contributed by atoms with Crippen LogP contribution in [0.25, 0.3) is 0 Å². The van der Waals surface area contributed by atoms with E-state index in [1.165, 1.54) is 30.4 Å². The number of piperazine rings is 1. The highest BCUT2D eigenvalue weighted by atomic mass is 16.6. The Morgan fingerprint density at radius 2 is 2.13 bits per heavy atom. The highest BCUT2D eigenvalue weighted by Gasteiger charge is 2.54. The molecule has 0 unspecified atom stereocenters. The largest absolute Gasteiger partial charge is 0.462 e. The molecule has 6 heteroatoms. The lowest BCUT2D eigenvalue weighted by molar-refractivity contribution is -0.906. The summed E-state index contributed by atoms with van der Waals surface area (Å²) >= 11 is 0. The standard InChI is InChI=1S/C24H32N2O4/c1-16-5-3-7-24(2)14-21-17(13-19(16)24)18(23(28)30-21)15-25-8-10-26(11-9-25)22(27)20-6-4-12-29-20/h4,6,12,17-18,21H,3,5,7-11,13-15H2,1-2H3/p+1/t17-,18+,21-,24-/m1/s1. The number of nitrogens with zero attached hydrogens (tertiary/aromatic N) is 1. The fraction of sp³-hybridized carbons (Fsp3) is 0.667. The molecule has 3 fully saturated rings. The van der Waals surface area contributed by atoms with Crippen LogP contribution >= 0.6 is 0 Å². The minimum absolute atomic E-state index is 0.00657. The third kappa shape index (κ3) is 3.39. The van der Waals surface area contributed by atoms with E-state index in [9.17, 15) is 9.59 Å². The van der Waals surface area contributed by atoms with Gasteiger partial charge in [0.25, 0.3) is 5.91 Å². The van der Waals surface area contributed by atoms with Gasteiger partial charge in [0.15, 0.2) is 5.76 Å². The van der Waals surface area contributed by atoms with Crippen molar-refractivity contribution in [1.82, 2.24) is 4.90 Å². The zero-order valence-corrected chi connectivity index (χ0v) is 18.1. The first-order chi connectivity index (χ1) is 14.4. The van der Waals surface area contributed by atoms with Gasteiger partial charge in [-0.1, -0.05) is 18.1 Å². The second kappa shape index (κ2) is 7.56. The molecular formula is C24H33N2O4+. The van der Waals surface area contributed by atoms with E-state index in [4.69, 9.17) is 9.15 Å². The van der Waals surface area contributed by atoms with Crippen molar-refractivity contribution < 1.29 is 23.6 Å². The molecule has 0 spiro atoms. The van der Waals surface area contributed by atoms with E-state index in [0.717, 1.165) is 32.5 Å². The van der Waals surface area contributed by atoms with Crippen molar-refractivity contribution >= 4 is 11.9 Å². The average Bonchev–Trinajstić information content (AvgIpc) is 3.35. The van der Waals surface area contributed by atoms with Gasteiger partial charge in [0.2, 0.25) is 0 Å². The zero-order valence-electron chi connectivity index (χ0n) is 18.1. The molecule has 1 aromatic rings. The van der Waals surface area contributed by atoms with Gasteiger partial charge in [-0.05, 0) is 56.6 Å². The molecule has 0 aromatic carbocycles. The summed E-state index contributed by atoms with van der Waals surface area (Å²) in [6, 6.07) is 3.46. The monoisotopic (exact) mass is 413 g/mol. The maximum absolute atomic E-state index is 12.8. The molecule has 1 aromatic heterocycles. The molecule has 5 rings (SSSR count). The lowest BCUT2D eigenvalue weighted by Gasteiger charge is -2.45. The number of furan rings is 1. The zero-order chi connectivity index (χ0) is 20.9. The number of fused-ring (bicyclic) bond motifs is 2. The second-order valence-electron chi connectivity index (χ2n) is 10.1. The molecule has 2 saturated heterocycles. The molecular weight excluding hydrogens is 380 g/mol. The molecule has 2 aliphatic carbocycles. The number of amides is 1. The van der Waals surface area contributed by atoms with Gasteiger partial charge >= 0.3 is 5.97 Å². The van der Waals surface area contributed by atoms with Crippen LogP contribution in [-0.4, -0.2) is 55.6 Å². The minimum atomic E-state index is -0.0364. The summed E-state index contributed by atoms with van der Waals surface area (Å²) in [6.45, 7) is 8.63. The molecule has 3 heterocycles. The number of hydrogen-bond donors (Lipinski definition) is 1. The fourth-order valence-corrected chi connectivity index (χ4v) is 6.44. The quantitative estimate of drug-likeness (QED) is 0.609. The molecule has 4 aliphatic rings. The van der Waals surface area contributed by atoms with Gasteiger partial charge in [-0.25, -0.2) is 0 Å². The van der Waals surface area contributed by atoms with Crippen molar-refractivity contribution in [3.05, 3.63) is 35.3 Å². The molecule has 2 aliphatic heterocycles. The van der Waals surface area contributed by atoms with Gasteiger partial charge in [-0.15, -0.1) is 0 Å². The first-order valence-electron chi connectivity index (χ1n) is 11.5. The van der Waals surface area contributed by atoms with Crippen molar-refractivity contribution in [2.45, 2.75) is 52.1 Å². The molecule has 162 valence electrons. The van der Waals surface area contributed by atoms with E-state index in [0.29, 0.717) is 24.8 Å². The van der Waals surface area contributed by atoms with Crippen LogP contribution in [0.5, 0.6) is 0 Å². The molecule has 1 N–H and O–H groups in total. The number of ether oxygens (including phenoxy) is 1. The molecule has 1 saturated carbocycles. The fourth-order valence-electron chi connectivity index (χ4n) is 6.44. The lowest BCUT2D eigenvalue weighted by atomic mass is 9.59. The second-order valence-corrected chi connectivity index (χ2v) is 10.1. The van der Waals surface area contributed by atoms with Crippen LogP contribution < -0.4 is 4.90 Å². The van der Waals surface area contributed by atoms with Crippen LogP contribution in [0.1, 0.15) is 56.5 Å². The number of carbonyl (C=O) groups excluding carboxylic acids is 2. The Morgan fingerprint density at radius 3 is 2.87 bits per heavy atom. The number of allylic oxidation sites excluding steroid dienone is 2. The molecule has 0 bridgehead atoms. The summed E-state index contributed by atoms with van der Waals surface area (Å²) in [5.41, 5.74) is 3.39. The van der Waals surface area contributed by atoms with Gasteiger partial charge in [0.1, 0.15) is 12.0 Å². The number of carbonyl (C=O) groups is 2. The summed E-state index contributed by atoms with van der Waals surface area (Å²) in [5, 5.41) is 0. The summed E-state index contributed by atoms with van der Waals surface area (Å²) in [6.07, 6.45) is 7.33. The highest BCUT2D eigenvalue weighted by molar-refractivity contribution is 5.91. The van der Waals surface area contributed by atoms with Crippen LogP contribution in [0.15, 0.2) is 34.0 Å². The Labute approximate surface area is 178 Å². The maximum atomic E-state index is 12.8. The van der Waals surface area contributed by atoms with Crippen molar-refractivity contribution in [3.8, 4) is 0 Å². The topological polar surface area (TPSA) is 64.2 Å². The van der Waals surface area contributed by atoms with Crippen molar-refractivity contribution in [2.75, 3.05) is 32.7 Å². The van der Waals surface area contributed by atoms with Gasteiger partial charge in [-0.2, -0.15) is 0 Å². The van der Waals surface area contributed by atoms with Crippen LogP contribution in [0.2, 0.25) is 0 Å². The maximum Gasteiger partial charge on any atom is 0.315 e. The number of esters is 1. The number of nitrogens with one attached hydrogen (secondary N) is 1. The Kier molecular flexibility index (Phi) is 5.00. The molecule has 6 nitrogen and oxygen atoms in total. The highest BCUT2D eigenvalue weighted by Crippen LogP contribution is 2.54. The smallest absolute Gasteiger partial charge is 0.315 e. The molecule has 4 atom stereocenters. The Balaban J connectivity index is 1.23. The van der Waals surface area contributed by atoms with E-state index in [-0.39, 0.29) is 29.3 Å². The van der Waals surface area contributed by atoms with E-state index in [2.05, 4.69) is 13.8 Å². The van der Waals surface area contributed by atoms with Gasteiger partial charge in [0.05, 0.1) is 39.0 Å². The number of rotatable bonds is 3. The summed E-state index contributed by atoms with van der Waals surface area (Å²) in [7, 11) is 0. The molecule has 30 heavy (non-hydrogen) atoms. The van der Waals surface area contributed by atoms with Crippen molar-refractivity contribution in [2.24, 2.45) is 17.3 Å². The average molecular weight is 414 g/mol. The van der Waals surface area contributed by atoms with Crippen LogP contribution in [-0.2, 0) is 9.53 Å². The van der Waals surface area contributed by atoms with Gasteiger partial charge < -0.3 is 19.0 Å². The van der Waals surface area contributed by atoms with Crippen LogP contribution in [0.3, 0.4) is 0 Å². The first kappa shape index (κ1) is 19.9. The first-order valence-corrected chi connectivity index (χ1v) is 11.5. The van der Waals surface area contributed by atoms with Crippen molar-refractivity contribution in [1.29, 1.82) is 0 Å². The predicted octanol–water partition coefficient (Wildman–Crippen LogP) is 2.08. The summed E-state index contributed by atoms with van der Waals surface area (Å²) < 4.78 is 11.2. The van der Waals surface area contributed by atoms with Gasteiger partial charge in [0, 0.05) is 5.92 Å². The van der Waals surface area contributed by atoms with E-state index in [1.54, 1.807) is 23.3 Å². The lowest BCUT2D eigenvalue weighted by Crippen LogP contribution is -3.15. The molecule has 1 amide bonds. The Hall–Kier alpha value is -2.08. The normalized spacial score (nSPS) is 34.5. The number of hydrogen-bond acceptors (Lipinski definition) is 4. The van der Waals surface area contributed by atoms with Crippen molar-refractivity contribution in [3.63, 3.8) is 0 Å². The van der Waals surface area contributed by atoms with Gasteiger partial charge in [-0.3, -0.25) is 9.59 Å². The number of quaternary nitrogens is 1.